The largest absolute Gasteiger partial charge is 0.345 e. The first-order valence-corrected chi connectivity index (χ1v) is 8.41. The van der Waals surface area contributed by atoms with E-state index in [4.69, 9.17) is 0 Å². The van der Waals surface area contributed by atoms with Gasteiger partial charge in [-0.3, -0.25) is 14.4 Å². The first-order chi connectivity index (χ1) is 12.5. The molecular weight excluding hydrogens is 328 g/mol. The fourth-order valence-electron chi connectivity index (χ4n) is 2.89. The summed E-state index contributed by atoms with van der Waals surface area (Å²) in [5.41, 5.74) is 2.68. The molecule has 5 heteroatoms. The number of ketones is 1. The summed E-state index contributed by atoms with van der Waals surface area (Å²) in [6.07, 6.45) is 3.54. The number of carbonyl (C=O) groups is 3. The number of amides is 2. The molecule has 2 aromatic carbocycles. The van der Waals surface area contributed by atoms with Crippen LogP contribution in [0.5, 0.6) is 0 Å². The molecule has 2 amide bonds. The average molecular weight is 348 g/mol. The van der Waals surface area contributed by atoms with Crippen molar-refractivity contribution in [3.63, 3.8) is 0 Å². The van der Waals surface area contributed by atoms with E-state index in [9.17, 15) is 14.4 Å². The number of hydrogen-bond acceptors (Lipinski definition) is 3. The van der Waals surface area contributed by atoms with Crippen LogP contribution in [0, 0.1) is 0 Å². The molecule has 0 bridgehead atoms. The van der Waals surface area contributed by atoms with Gasteiger partial charge in [0.15, 0.2) is 5.78 Å². The first kappa shape index (κ1) is 17.6. The Morgan fingerprint density at radius 3 is 2.42 bits per heavy atom. The molecule has 1 aliphatic heterocycles. The second-order valence-corrected chi connectivity index (χ2v) is 6.34. The first-order valence-electron chi connectivity index (χ1n) is 8.41. The number of benzene rings is 2. The zero-order chi connectivity index (χ0) is 18.7. The highest BCUT2D eigenvalue weighted by molar-refractivity contribution is 6.12. The summed E-state index contributed by atoms with van der Waals surface area (Å²) >= 11 is 0. The van der Waals surface area contributed by atoms with Crippen molar-refractivity contribution in [2.24, 2.45) is 0 Å². The molecule has 26 heavy (non-hydrogen) atoms. The summed E-state index contributed by atoms with van der Waals surface area (Å²) in [7, 11) is 3.41. The second-order valence-electron chi connectivity index (χ2n) is 6.34. The minimum atomic E-state index is -0.168. The van der Waals surface area contributed by atoms with Crippen LogP contribution in [-0.2, 0) is 4.79 Å². The maximum absolute atomic E-state index is 12.6. The summed E-state index contributed by atoms with van der Waals surface area (Å²) < 4.78 is 0. The second kappa shape index (κ2) is 7.35. The topological polar surface area (TPSA) is 57.7 Å². The maximum atomic E-state index is 12.6. The number of Topliss-reactive ketones (excluding diaryl/α,β-unsaturated/α-hetero) is 1. The fraction of sp³-hybridized carbons (Fsp3) is 0.190. The van der Waals surface area contributed by atoms with Crippen LogP contribution in [0.2, 0.25) is 0 Å². The average Bonchev–Trinajstić information content (AvgIpc) is 2.66. The minimum Gasteiger partial charge on any atom is -0.345 e. The molecule has 0 N–H and O–H groups in total. The SMILES string of the molecule is CN(C)C(=O)c1ccc(/C=C/C(=O)N2CCC(=O)c3ccccc32)cc1. The van der Waals surface area contributed by atoms with Crippen LogP contribution in [-0.4, -0.2) is 43.1 Å². The maximum Gasteiger partial charge on any atom is 0.253 e. The van der Waals surface area contributed by atoms with E-state index in [1.54, 1.807) is 67.5 Å². The van der Waals surface area contributed by atoms with Crippen LogP contribution in [0.1, 0.15) is 32.7 Å². The Morgan fingerprint density at radius 1 is 1.04 bits per heavy atom. The third-order valence-corrected chi connectivity index (χ3v) is 4.31. The summed E-state index contributed by atoms with van der Waals surface area (Å²) in [6, 6.07) is 14.2. The lowest BCUT2D eigenvalue weighted by Gasteiger charge is -2.27. The van der Waals surface area contributed by atoms with Gasteiger partial charge in [0.25, 0.3) is 11.8 Å². The lowest BCUT2D eigenvalue weighted by molar-refractivity contribution is -0.114. The third kappa shape index (κ3) is 3.57. The Hall–Kier alpha value is -3.21. The number of rotatable bonds is 3. The van der Waals surface area contributed by atoms with Crippen molar-refractivity contribution in [2.45, 2.75) is 6.42 Å². The molecular formula is C21H20N2O3. The van der Waals surface area contributed by atoms with Crippen molar-refractivity contribution in [1.82, 2.24) is 4.90 Å². The summed E-state index contributed by atoms with van der Waals surface area (Å²) in [4.78, 5) is 39.6. The molecule has 0 aromatic heterocycles. The van der Waals surface area contributed by atoms with Crippen molar-refractivity contribution < 1.29 is 14.4 Å². The van der Waals surface area contributed by atoms with Gasteiger partial charge < -0.3 is 9.80 Å². The van der Waals surface area contributed by atoms with Gasteiger partial charge in [-0.25, -0.2) is 0 Å². The van der Waals surface area contributed by atoms with Gasteiger partial charge >= 0.3 is 0 Å². The Balaban J connectivity index is 1.75. The predicted octanol–water partition coefficient (Wildman–Crippen LogP) is 3.02. The normalized spacial score (nSPS) is 13.6. The molecule has 0 atom stereocenters. The number of nitrogens with zero attached hydrogens (tertiary/aromatic N) is 2. The Kier molecular flexibility index (Phi) is 4.98. The molecule has 0 radical (unpaired) electrons. The number of carbonyl (C=O) groups excluding carboxylic acids is 3. The van der Waals surface area contributed by atoms with Gasteiger partial charge in [0.05, 0.1) is 5.69 Å². The molecule has 3 rings (SSSR count). The van der Waals surface area contributed by atoms with E-state index in [0.29, 0.717) is 29.8 Å². The molecule has 0 fully saturated rings. The zero-order valence-corrected chi connectivity index (χ0v) is 14.8. The molecule has 0 saturated carbocycles. The van der Waals surface area contributed by atoms with Gasteiger partial charge in [-0.2, -0.15) is 0 Å². The smallest absolute Gasteiger partial charge is 0.253 e. The lowest BCUT2D eigenvalue weighted by atomic mass is 10.0. The van der Waals surface area contributed by atoms with Crippen molar-refractivity contribution in [2.75, 3.05) is 25.5 Å². The van der Waals surface area contributed by atoms with Gasteiger partial charge in [0.2, 0.25) is 0 Å². The molecule has 1 aliphatic rings. The van der Waals surface area contributed by atoms with Gasteiger partial charge in [0.1, 0.15) is 0 Å². The lowest BCUT2D eigenvalue weighted by Crippen LogP contribution is -2.36. The van der Waals surface area contributed by atoms with Crippen LogP contribution < -0.4 is 4.90 Å². The molecule has 0 saturated heterocycles. The van der Waals surface area contributed by atoms with E-state index in [1.807, 2.05) is 6.07 Å². The van der Waals surface area contributed by atoms with Crippen LogP contribution >= 0.6 is 0 Å². The standard InChI is InChI=1S/C21H20N2O3/c1-22(2)21(26)16-10-7-15(8-11-16)9-12-20(25)23-14-13-19(24)17-5-3-4-6-18(17)23/h3-12H,13-14H2,1-2H3/b12-9+. The van der Waals surface area contributed by atoms with Crippen LogP contribution in [0.3, 0.4) is 0 Å². The van der Waals surface area contributed by atoms with Gasteiger partial charge in [-0.15, -0.1) is 0 Å². The van der Waals surface area contributed by atoms with E-state index in [-0.39, 0.29) is 17.6 Å². The number of para-hydroxylation sites is 1. The van der Waals surface area contributed by atoms with Crippen molar-refractivity contribution in [1.29, 1.82) is 0 Å². The number of anilines is 1. The monoisotopic (exact) mass is 348 g/mol. The van der Waals surface area contributed by atoms with Crippen LogP contribution in [0.15, 0.2) is 54.6 Å². The molecule has 5 nitrogen and oxygen atoms in total. The highest BCUT2D eigenvalue weighted by Gasteiger charge is 2.25. The number of fused-ring (bicyclic) bond motifs is 1. The Morgan fingerprint density at radius 2 is 1.73 bits per heavy atom. The summed E-state index contributed by atoms with van der Waals surface area (Å²) in [5.74, 6) is -0.167. The van der Waals surface area contributed by atoms with E-state index in [0.717, 1.165) is 5.56 Å². The molecule has 132 valence electrons. The van der Waals surface area contributed by atoms with Crippen molar-refractivity contribution >= 4 is 29.4 Å². The van der Waals surface area contributed by atoms with Gasteiger partial charge in [-0.1, -0.05) is 24.3 Å². The Bertz CT molecular complexity index is 882. The van der Waals surface area contributed by atoms with E-state index < -0.39 is 0 Å². The summed E-state index contributed by atoms with van der Waals surface area (Å²) in [5, 5.41) is 0. The minimum absolute atomic E-state index is 0.0637. The van der Waals surface area contributed by atoms with Crippen molar-refractivity contribution in [3.05, 3.63) is 71.3 Å². The van der Waals surface area contributed by atoms with E-state index in [1.165, 1.54) is 11.0 Å². The molecule has 0 spiro atoms. The quantitative estimate of drug-likeness (QED) is 0.801. The molecule has 0 unspecified atom stereocenters. The third-order valence-electron chi connectivity index (χ3n) is 4.31. The number of hydrogen-bond donors (Lipinski definition) is 0. The molecule has 1 heterocycles. The molecule has 0 aliphatic carbocycles. The van der Waals surface area contributed by atoms with Crippen molar-refractivity contribution in [3.8, 4) is 0 Å². The molecule has 2 aromatic rings. The van der Waals surface area contributed by atoms with Gasteiger partial charge in [0, 0.05) is 44.3 Å². The highest BCUT2D eigenvalue weighted by Crippen LogP contribution is 2.27. The van der Waals surface area contributed by atoms with E-state index >= 15 is 0 Å². The van der Waals surface area contributed by atoms with Crippen LogP contribution in [0.4, 0.5) is 5.69 Å². The van der Waals surface area contributed by atoms with Crippen LogP contribution in [0.25, 0.3) is 6.08 Å². The highest BCUT2D eigenvalue weighted by atomic mass is 16.2. The zero-order valence-electron chi connectivity index (χ0n) is 14.8. The fourth-order valence-corrected chi connectivity index (χ4v) is 2.89. The summed E-state index contributed by atoms with van der Waals surface area (Å²) in [6.45, 7) is 0.384. The van der Waals surface area contributed by atoms with Gasteiger partial charge in [-0.05, 0) is 35.9 Å². The Labute approximate surface area is 152 Å². The predicted molar refractivity (Wildman–Crippen MR) is 101 cm³/mol. The van der Waals surface area contributed by atoms with E-state index in [2.05, 4.69) is 0 Å².